The average molecular weight is 367 g/mol. The van der Waals surface area contributed by atoms with E-state index in [2.05, 4.69) is 15.6 Å². The summed E-state index contributed by atoms with van der Waals surface area (Å²) in [4.78, 5) is 16.1. The number of anilines is 1. The minimum Gasteiger partial charge on any atom is -0.481 e. The molecule has 1 aromatic carbocycles. The van der Waals surface area contributed by atoms with Crippen molar-refractivity contribution in [3.8, 4) is 5.88 Å². The Bertz CT molecular complexity index is 750. The molecule has 8 heteroatoms. The highest BCUT2D eigenvalue weighted by Gasteiger charge is 2.33. The molecule has 0 aliphatic heterocycles. The van der Waals surface area contributed by atoms with Crippen LogP contribution in [0.1, 0.15) is 24.5 Å². The molecule has 0 fully saturated rings. The lowest BCUT2D eigenvalue weighted by Gasteiger charge is -2.16. The quantitative estimate of drug-likeness (QED) is 0.785. The maximum Gasteiger partial charge on any atom is 0.418 e. The number of ether oxygens (including phenoxy) is 1. The number of pyridine rings is 1. The highest BCUT2D eigenvalue weighted by atomic mass is 19.4. The van der Waals surface area contributed by atoms with Gasteiger partial charge >= 0.3 is 6.18 Å². The van der Waals surface area contributed by atoms with E-state index in [0.29, 0.717) is 12.4 Å². The summed E-state index contributed by atoms with van der Waals surface area (Å²) in [5.74, 6) is -0.00698. The molecule has 26 heavy (non-hydrogen) atoms. The number of rotatable bonds is 7. The Morgan fingerprint density at radius 2 is 2.00 bits per heavy atom. The van der Waals surface area contributed by atoms with Gasteiger partial charge in [-0.2, -0.15) is 13.2 Å². The molecule has 0 aliphatic rings. The summed E-state index contributed by atoms with van der Waals surface area (Å²) >= 11 is 0. The van der Waals surface area contributed by atoms with Crippen molar-refractivity contribution in [2.75, 3.05) is 12.4 Å². The average Bonchev–Trinajstić information content (AvgIpc) is 2.59. The second kappa shape index (κ2) is 8.66. The predicted octanol–water partition coefficient (Wildman–Crippen LogP) is 3.62. The Labute approximate surface area is 149 Å². The first-order valence-corrected chi connectivity index (χ1v) is 7.98. The number of hydrogen-bond acceptors (Lipinski definition) is 4. The molecule has 0 saturated carbocycles. The van der Waals surface area contributed by atoms with Crippen molar-refractivity contribution in [3.63, 3.8) is 0 Å². The van der Waals surface area contributed by atoms with Gasteiger partial charge in [0, 0.05) is 31.3 Å². The number of alkyl halides is 3. The molecule has 1 unspecified atom stereocenters. The van der Waals surface area contributed by atoms with Gasteiger partial charge in [-0.05, 0) is 30.7 Å². The van der Waals surface area contributed by atoms with Crippen LogP contribution in [0.15, 0.2) is 42.6 Å². The Hall–Kier alpha value is -2.61. The maximum absolute atomic E-state index is 13.0. The van der Waals surface area contributed by atoms with Crippen molar-refractivity contribution >= 4 is 11.6 Å². The number of nitrogens with zero attached hydrogens (tertiary/aromatic N) is 1. The Balaban J connectivity index is 1.89. The van der Waals surface area contributed by atoms with Gasteiger partial charge in [-0.1, -0.05) is 12.1 Å². The molecule has 5 nitrogen and oxygen atoms in total. The minimum absolute atomic E-state index is 0.0361. The molecule has 0 saturated heterocycles. The fourth-order valence-corrected chi connectivity index (χ4v) is 2.35. The zero-order chi connectivity index (χ0) is 19.2. The van der Waals surface area contributed by atoms with Crippen molar-refractivity contribution in [1.82, 2.24) is 10.3 Å². The second-order valence-corrected chi connectivity index (χ2v) is 5.78. The summed E-state index contributed by atoms with van der Waals surface area (Å²) in [6.45, 7) is 2.26. The molecule has 2 rings (SSSR count). The summed E-state index contributed by atoms with van der Waals surface area (Å²) in [6, 6.07) is 8.25. The van der Waals surface area contributed by atoms with Gasteiger partial charge in [-0.15, -0.1) is 0 Å². The lowest BCUT2D eigenvalue weighted by Crippen LogP contribution is -2.30. The van der Waals surface area contributed by atoms with E-state index in [9.17, 15) is 18.0 Å². The molecule has 0 aliphatic carbocycles. The Morgan fingerprint density at radius 1 is 1.27 bits per heavy atom. The van der Waals surface area contributed by atoms with Crippen molar-refractivity contribution in [1.29, 1.82) is 0 Å². The van der Waals surface area contributed by atoms with Gasteiger partial charge in [-0.25, -0.2) is 4.98 Å². The Kier molecular flexibility index (Phi) is 6.57. The zero-order valence-electron chi connectivity index (χ0n) is 14.4. The van der Waals surface area contributed by atoms with Crippen molar-refractivity contribution in [2.24, 2.45) is 0 Å². The van der Waals surface area contributed by atoms with Crippen LogP contribution in [0.4, 0.5) is 18.9 Å². The molecule has 1 amide bonds. The van der Waals surface area contributed by atoms with Crippen LogP contribution in [0, 0.1) is 0 Å². The van der Waals surface area contributed by atoms with E-state index in [-0.39, 0.29) is 18.2 Å². The van der Waals surface area contributed by atoms with Crippen LogP contribution in [0.2, 0.25) is 0 Å². The number of halogens is 3. The van der Waals surface area contributed by atoms with E-state index in [1.54, 1.807) is 19.2 Å². The first kappa shape index (κ1) is 19.7. The lowest BCUT2D eigenvalue weighted by atomic mass is 10.1. The highest BCUT2D eigenvalue weighted by molar-refractivity contribution is 5.92. The molecular formula is C18H20F3N3O2. The van der Waals surface area contributed by atoms with E-state index in [1.165, 1.54) is 25.3 Å². The van der Waals surface area contributed by atoms with Gasteiger partial charge in [0.1, 0.15) is 0 Å². The molecule has 0 spiro atoms. The Morgan fingerprint density at radius 3 is 2.69 bits per heavy atom. The molecule has 0 bridgehead atoms. The molecule has 2 aromatic rings. The number of nitrogens with one attached hydrogen (secondary N) is 2. The lowest BCUT2D eigenvalue weighted by molar-refractivity contribution is -0.137. The summed E-state index contributed by atoms with van der Waals surface area (Å²) in [7, 11) is 1.52. The van der Waals surface area contributed by atoms with E-state index in [1.807, 2.05) is 6.07 Å². The highest BCUT2D eigenvalue weighted by Crippen LogP contribution is 2.34. The normalized spacial score (nSPS) is 12.5. The van der Waals surface area contributed by atoms with Crippen LogP contribution in [0.3, 0.4) is 0 Å². The van der Waals surface area contributed by atoms with Crippen molar-refractivity contribution < 1.29 is 22.7 Å². The van der Waals surface area contributed by atoms with Crippen LogP contribution in [-0.4, -0.2) is 24.0 Å². The molecule has 1 heterocycles. The number of benzene rings is 1. The summed E-state index contributed by atoms with van der Waals surface area (Å²) < 4.78 is 43.9. The van der Waals surface area contributed by atoms with Crippen molar-refractivity contribution in [3.05, 3.63) is 53.7 Å². The van der Waals surface area contributed by atoms with E-state index in [0.717, 1.165) is 11.6 Å². The number of para-hydroxylation sites is 1. The van der Waals surface area contributed by atoms with Gasteiger partial charge in [0.2, 0.25) is 11.8 Å². The standard InChI is InChI=1S/C18H20F3N3O2/c1-12(23-11-13-7-8-22-17(10-13)26-2)9-16(25)24-15-6-4-3-5-14(15)18(19,20)21/h3-8,10,12,23H,9,11H2,1-2H3,(H,24,25). The molecule has 1 atom stereocenters. The largest absolute Gasteiger partial charge is 0.481 e. The first-order valence-electron chi connectivity index (χ1n) is 7.98. The topological polar surface area (TPSA) is 63.2 Å². The van der Waals surface area contributed by atoms with Crippen LogP contribution >= 0.6 is 0 Å². The molecule has 0 radical (unpaired) electrons. The SMILES string of the molecule is COc1cc(CNC(C)CC(=O)Nc2ccccc2C(F)(F)F)ccn1. The third kappa shape index (κ3) is 5.73. The monoisotopic (exact) mass is 367 g/mol. The third-order valence-corrected chi connectivity index (χ3v) is 3.66. The molecule has 1 aromatic heterocycles. The van der Waals surface area contributed by atoms with E-state index in [4.69, 9.17) is 4.74 Å². The first-order chi connectivity index (χ1) is 12.3. The number of amides is 1. The number of carbonyl (C=O) groups is 1. The van der Waals surface area contributed by atoms with Gasteiger partial charge in [0.25, 0.3) is 0 Å². The second-order valence-electron chi connectivity index (χ2n) is 5.78. The number of aromatic nitrogens is 1. The van der Waals surface area contributed by atoms with Crippen LogP contribution in [-0.2, 0) is 17.5 Å². The summed E-state index contributed by atoms with van der Waals surface area (Å²) in [5, 5.41) is 5.48. The van der Waals surface area contributed by atoms with Gasteiger partial charge in [0.05, 0.1) is 18.4 Å². The number of carbonyl (C=O) groups excluding carboxylic acids is 1. The summed E-state index contributed by atoms with van der Waals surface area (Å²) in [6.07, 6.45) is -2.87. The van der Waals surface area contributed by atoms with E-state index >= 15 is 0 Å². The van der Waals surface area contributed by atoms with Crippen LogP contribution in [0.5, 0.6) is 5.88 Å². The fourth-order valence-electron chi connectivity index (χ4n) is 2.35. The molecule has 140 valence electrons. The van der Waals surface area contributed by atoms with Crippen LogP contribution in [0.25, 0.3) is 0 Å². The third-order valence-electron chi connectivity index (χ3n) is 3.66. The van der Waals surface area contributed by atoms with Gasteiger partial charge < -0.3 is 15.4 Å². The van der Waals surface area contributed by atoms with Gasteiger partial charge in [-0.3, -0.25) is 4.79 Å². The smallest absolute Gasteiger partial charge is 0.418 e. The van der Waals surface area contributed by atoms with Crippen LogP contribution < -0.4 is 15.4 Å². The van der Waals surface area contributed by atoms with Crippen molar-refractivity contribution in [2.45, 2.75) is 32.1 Å². The number of methoxy groups -OCH3 is 1. The fraction of sp³-hybridized carbons (Fsp3) is 0.333. The van der Waals surface area contributed by atoms with E-state index < -0.39 is 17.6 Å². The number of hydrogen-bond donors (Lipinski definition) is 2. The zero-order valence-corrected chi connectivity index (χ0v) is 14.4. The summed E-state index contributed by atoms with van der Waals surface area (Å²) in [5.41, 5.74) is -0.180. The van der Waals surface area contributed by atoms with Gasteiger partial charge in [0.15, 0.2) is 0 Å². The maximum atomic E-state index is 13.0. The predicted molar refractivity (Wildman–Crippen MR) is 91.8 cm³/mol. The minimum atomic E-state index is -4.52. The molecule has 2 N–H and O–H groups in total. The molecular weight excluding hydrogens is 347 g/mol.